The number of rotatable bonds is 2. The van der Waals surface area contributed by atoms with Crippen LogP contribution in [0.3, 0.4) is 0 Å². The van der Waals surface area contributed by atoms with Crippen molar-refractivity contribution in [2.24, 2.45) is 5.41 Å². The number of aryl methyl sites for hydroxylation is 1. The Morgan fingerprint density at radius 3 is 2.71 bits per heavy atom. The van der Waals surface area contributed by atoms with E-state index < -0.39 is 0 Å². The standard InChI is InChI=1S/C15H24N2/c1-12-6-5-7-13(10-12)17-9-8-14(16-4)15(2,3)11-17/h5-7,10,14,16H,8-9,11H2,1-4H3. The zero-order valence-electron chi connectivity index (χ0n) is 11.5. The number of hydrogen-bond acceptors (Lipinski definition) is 2. The van der Waals surface area contributed by atoms with Crippen molar-refractivity contribution < 1.29 is 0 Å². The zero-order valence-corrected chi connectivity index (χ0v) is 11.5. The average Bonchev–Trinajstić information content (AvgIpc) is 2.27. The van der Waals surface area contributed by atoms with Gasteiger partial charge in [-0.3, -0.25) is 0 Å². The van der Waals surface area contributed by atoms with Crippen LogP contribution in [0.5, 0.6) is 0 Å². The number of nitrogens with zero attached hydrogens (tertiary/aromatic N) is 1. The predicted octanol–water partition coefficient (Wildman–Crippen LogP) is 2.82. The summed E-state index contributed by atoms with van der Waals surface area (Å²) >= 11 is 0. The predicted molar refractivity (Wildman–Crippen MR) is 74.6 cm³/mol. The minimum atomic E-state index is 0.330. The summed E-state index contributed by atoms with van der Waals surface area (Å²) < 4.78 is 0. The minimum absolute atomic E-state index is 0.330. The normalized spacial score (nSPS) is 23.8. The summed E-state index contributed by atoms with van der Waals surface area (Å²) in [5.41, 5.74) is 3.04. The van der Waals surface area contributed by atoms with Crippen molar-refractivity contribution in [2.75, 3.05) is 25.0 Å². The van der Waals surface area contributed by atoms with E-state index in [9.17, 15) is 0 Å². The lowest BCUT2D eigenvalue weighted by Gasteiger charge is -2.45. The Kier molecular flexibility index (Phi) is 3.43. The van der Waals surface area contributed by atoms with E-state index in [-0.39, 0.29) is 0 Å². The van der Waals surface area contributed by atoms with Gasteiger partial charge in [0.25, 0.3) is 0 Å². The van der Waals surface area contributed by atoms with Gasteiger partial charge in [-0.25, -0.2) is 0 Å². The van der Waals surface area contributed by atoms with Crippen molar-refractivity contribution in [1.29, 1.82) is 0 Å². The Labute approximate surface area is 105 Å². The molecule has 1 fully saturated rings. The van der Waals surface area contributed by atoms with Crippen LogP contribution in [-0.4, -0.2) is 26.2 Å². The van der Waals surface area contributed by atoms with Gasteiger partial charge in [0, 0.05) is 24.8 Å². The molecule has 1 aromatic carbocycles. The SMILES string of the molecule is CNC1CCN(c2cccc(C)c2)CC1(C)C. The molecule has 2 rings (SSSR count). The lowest BCUT2D eigenvalue weighted by atomic mass is 9.79. The van der Waals surface area contributed by atoms with Crippen molar-refractivity contribution in [3.63, 3.8) is 0 Å². The molecule has 17 heavy (non-hydrogen) atoms. The fourth-order valence-electron chi connectivity index (χ4n) is 2.94. The molecule has 0 amide bonds. The lowest BCUT2D eigenvalue weighted by molar-refractivity contribution is 0.215. The Hall–Kier alpha value is -1.02. The number of piperidine rings is 1. The minimum Gasteiger partial charge on any atom is -0.371 e. The van der Waals surface area contributed by atoms with E-state index in [1.54, 1.807) is 0 Å². The molecule has 1 atom stereocenters. The summed E-state index contributed by atoms with van der Waals surface area (Å²) in [5, 5.41) is 3.45. The van der Waals surface area contributed by atoms with Gasteiger partial charge in [-0.15, -0.1) is 0 Å². The monoisotopic (exact) mass is 232 g/mol. The molecule has 94 valence electrons. The summed E-state index contributed by atoms with van der Waals surface area (Å²) in [6.45, 7) is 9.15. The maximum Gasteiger partial charge on any atom is 0.0369 e. The molecule has 1 aliphatic heterocycles. The van der Waals surface area contributed by atoms with Crippen molar-refractivity contribution in [1.82, 2.24) is 5.32 Å². The van der Waals surface area contributed by atoms with E-state index in [1.165, 1.54) is 17.7 Å². The molecule has 0 radical (unpaired) electrons. The molecule has 0 bridgehead atoms. The van der Waals surface area contributed by atoms with Crippen molar-refractivity contribution in [2.45, 2.75) is 33.2 Å². The summed E-state index contributed by atoms with van der Waals surface area (Å²) in [7, 11) is 2.08. The highest BCUT2D eigenvalue weighted by atomic mass is 15.2. The average molecular weight is 232 g/mol. The van der Waals surface area contributed by atoms with E-state index in [0.717, 1.165) is 13.1 Å². The van der Waals surface area contributed by atoms with Gasteiger partial charge < -0.3 is 10.2 Å². The van der Waals surface area contributed by atoms with Crippen LogP contribution in [0.15, 0.2) is 24.3 Å². The summed E-state index contributed by atoms with van der Waals surface area (Å²) in [5.74, 6) is 0. The quantitative estimate of drug-likeness (QED) is 0.843. The molecular weight excluding hydrogens is 208 g/mol. The molecule has 0 aliphatic carbocycles. The van der Waals surface area contributed by atoms with Crippen LogP contribution >= 0.6 is 0 Å². The van der Waals surface area contributed by atoms with Crippen LogP contribution in [0.25, 0.3) is 0 Å². The second-order valence-electron chi connectivity index (χ2n) is 5.88. The molecule has 2 nitrogen and oxygen atoms in total. The molecule has 1 aromatic rings. The van der Waals surface area contributed by atoms with Gasteiger partial charge in [-0.05, 0) is 43.5 Å². The number of anilines is 1. The maximum absolute atomic E-state index is 3.45. The van der Waals surface area contributed by atoms with E-state index in [0.29, 0.717) is 11.5 Å². The van der Waals surface area contributed by atoms with Crippen LogP contribution in [0, 0.1) is 12.3 Å². The lowest BCUT2D eigenvalue weighted by Crippen LogP contribution is -2.53. The van der Waals surface area contributed by atoms with Gasteiger partial charge in [0.15, 0.2) is 0 Å². The Balaban J connectivity index is 2.15. The fourth-order valence-corrected chi connectivity index (χ4v) is 2.94. The van der Waals surface area contributed by atoms with Crippen LogP contribution in [0.2, 0.25) is 0 Å². The van der Waals surface area contributed by atoms with Gasteiger partial charge in [-0.2, -0.15) is 0 Å². The van der Waals surface area contributed by atoms with Crippen LogP contribution in [0.1, 0.15) is 25.8 Å². The first-order chi connectivity index (χ1) is 8.03. The molecule has 1 N–H and O–H groups in total. The molecule has 0 saturated carbocycles. The molecule has 2 heteroatoms. The van der Waals surface area contributed by atoms with Gasteiger partial charge in [0.1, 0.15) is 0 Å². The third kappa shape index (κ3) is 2.63. The van der Waals surface area contributed by atoms with E-state index >= 15 is 0 Å². The highest BCUT2D eigenvalue weighted by Gasteiger charge is 2.34. The topological polar surface area (TPSA) is 15.3 Å². The first-order valence-electron chi connectivity index (χ1n) is 6.52. The van der Waals surface area contributed by atoms with Gasteiger partial charge in [0.2, 0.25) is 0 Å². The van der Waals surface area contributed by atoms with Crippen molar-refractivity contribution in [3.8, 4) is 0 Å². The second-order valence-corrected chi connectivity index (χ2v) is 5.88. The van der Waals surface area contributed by atoms with E-state index in [4.69, 9.17) is 0 Å². The van der Waals surface area contributed by atoms with Crippen molar-refractivity contribution in [3.05, 3.63) is 29.8 Å². The van der Waals surface area contributed by atoms with Crippen LogP contribution in [0.4, 0.5) is 5.69 Å². The number of nitrogens with one attached hydrogen (secondary N) is 1. The first kappa shape index (κ1) is 12.4. The number of benzene rings is 1. The molecular formula is C15H24N2. The first-order valence-corrected chi connectivity index (χ1v) is 6.52. The fraction of sp³-hybridized carbons (Fsp3) is 0.600. The smallest absolute Gasteiger partial charge is 0.0369 e. The zero-order chi connectivity index (χ0) is 12.5. The molecule has 0 aromatic heterocycles. The molecule has 0 spiro atoms. The number of hydrogen-bond donors (Lipinski definition) is 1. The maximum atomic E-state index is 3.45. The van der Waals surface area contributed by atoms with E-state index in [1.807, 2.05) is 0 Å². The Bertz CT molecular complexity index is 384. The summed E-state index contributed by atoms with van der Waals surface area (Å²) in [6.07, 6.45) is 1.22. The van der Waals surface area contributed by atoms with Crippen LogP contribution in [-0.2, 0) is 0 Å². The summed E-state index contributed by atoms with van der Waals surface area (Å²) in [4.78, 5) is 2.51. The van der Waals surface area contributed by atoms with Gasteiger partial charge in [-0.1, -0.05) is 26.0 Å². The van der Waals surface area contributed by atoms with Crippen LogP contribution < -0.4 is 10.2 Å². The van der Waals surface area contributed by atoms with Gasteiger partial charge >= 0.3 is 0 Å². The van der Waals surface area contributed by atoms with E-state index in [2.05, 4.69) is 62.3 Å². The molecule has 1 saturated heterocycles. The highest BCUT2D eigenvalue weighted by Crippen LogP contribution is 2.32. The Morgan fingerprint density at radius 2 is 2.12 bits per heavy atom. The van der Waals surface area contributed by atoms with Gasteiger partial charge in [0.05, 0.1) is 0 Å². The van der Waals surface area contributed by atoms with Crippen molar-refractivity contribution >= 4 is 5.69 Å². The highest BCUT2D eigenvalue weighted by molar-refractivity contribution is 5.49. The Morgan fingerprint density at radius 1 is 1.35 bits per heavy atom. The third-order valence-corrected chi connectivity index (χ3v) is 3.94. The second kappa shape index (κ2) is 4.69. The molecule has 1 unspecified atom stereocenters. The third-order valence-electron chi connectivity index (χ3n) is 3.94. The largest absolute Gasteiger partial charge is 0.371 e. The molecule has 1 heterocycles. The molecule has 1 aliphatic rings. The summed E-state index contributed by atoms with van der Waals surface area (Å²) in [6, 6.07) is 9.46.